The molecule has 0 aromatic heterocycles. The van der Waals surface area contributed by atoms with Crippen LogP contribution >= 0.6 is 0 Å². The standard InChI is InChI=1S/C14H25N2/c1-16(2,3)8-4-5-13-11-6-7-12(9-11)14(13)10-15/h11-14H,4-9H2,1-3H3/q+1. The van der Waals surface area contributed by atoms with E-state index in [2.05, 4.69) is 27.2 Å². The molecule has 0 aromatic rings. The molecule has 2 aliphatic carbocycles. The molecule has 2 rings (SSSR count). The lowest BCUT2D eigenvalue weighted by Crippen LogP contribution is -2.35. The molecule has 2 saturated carbocycles. The molecule has 0 amide bonds. The second-order valence-electron chi connectivity index (χ2n) is 6.81. The molecule has 0 radical (unpaired) electrons. The molecule has 2 aliphatic rings. The molecule has 16 heavy (non-hydrogen) atoms. The van der Waals surface area contributed by atoms with Crippen molar-refractivity contribution in [3.05, 3.63) is 0 Å². The highest BCUT2D eigenvalue weighted by Crippen LogP contribution is 2.53. The zero-order chi connectivity index (χ0) is 11.8. The molecular weight excluding hydrogens is 196 g/mol. The van der Waals surface area contributed by atoms with Crippen LogP contribution in [-0.4, -0.2) is 32.2 Å². The van der Waals surface area contributed by atoms with Crippen LogP contribution in [0.15, 0.2) is 0 Å². The minimum absolute atomic E-state index is 0.395. The lowest BCUT2D eigenvalue weighted by molar-refractivity contribution is -0.870. The summed E-state index contributed by atoms with van der Waals surface area (Å²) in [6, 6.07) is 2.59. The van der Waals surface area contributed by atoms with Gasteiger partial charge in [0.2, 0.25) is 0 Å². The van der Waals surface area contributed by atoms with Gasteiger partial charge in [-0.3, -0.25) is 0 Å². The summed E-state index contributed by atoms with van der Waals surface area (Å²) in [5.41, 5.74) is 0. The monoisotopic (exact) mass is 221 g/mol. The number of nitrogens with zero attached hydrogens (tertiary/aromatic N) is 2. The van der Waals surface area contributed by atoms with Gasteiger partial charge >= 0.3 is 0 Å². The first kappa shape index (κ1) is 11.9. The fourth-order valence-corrected chi connectivity index (χ4v) is 3.83. The van der Waals surface area contributed by atoms with Gasteiger partial charge in [-0.1, -0.05) is 0 Å². The largest absolute Gasteiger partial charge is 0.331 e. The normalized spacial score (nSPS) is 37.6. The Morgan fingerprint density at radius 3 is 2.50 bits per heavy atom. The van der Waals surface area contributed by atoms with Crippen LogP contribution in [0.1, 0.15) is 32.1 Å². The molecule has 2 fully saturated rings. The summed E-state index contributed by atoms with van der Waals surface area (Å²) in [6.45, 7) is 1.24. The van der Waals surface area contributed by atoms with Crippen LogP contribution in [0.4, 0.5) is 0 Å². The summed E-state index contributed by atoms with van der Waals surface area (Å²) in [6.07, 6.45) is 6.66. The zero-order valence-corrected chi connectivity index (χ0v) is 10.9. The van der Waals surface area contributed by atoms with Gasteiger partial charge in [-0.2, -0.15) is 5.26 Å². The Morgan fingerprint density at radius 2 is 1.88 bits per heavy atom. The van der Waals surface area contributed by atoms with Crippen molar-refractivity contribution in [2.75, 3.05) is 27.7 Å². The van der Waals surface area contributed by atoms with E-state index >= 15 is 0 Å². The Labute approximate surface area is 99.8 Å². The third-order valence-corrected chi connectivity index (χ3v) is 4.60. The Kier molecular flexibility index (Phi) is 3.26. The summed E-state index contributed by atoms with van der Waals surface area (Å²) in [4.78, 5) is 0. The molecule has 2 bridgehead atoms. The van der Waals surface area contributed by atoms with Crippen molar-refractivity contribution in [1.29, 1.82) is 5.26 Å². The van der Waals surface area contributed by atoms with E-state index in [9.17, 15) is 5.26 Å². The minimum atomic E-state index is 0.395. The molecule has 4 atom stereocenters. The fraction of sp³-hybridized carbons (Fsp3) is 0.929. The quantitative estimate of drug-likeness (QED) is 0.670. The SMILES string of the molecule is C[N+](C)(C)CCCC1C2CCC(C2)C1C#N. The minimum Gasteiger partial charge on any atom is -0.331 e. The van der Waals surface area contributed by atoms with Gasteiger partial charge in [-0.25, -0.2) is 0 Å². The van der Waals surface area contributed by atoms with Gasteiger partial charge in [0.1, 0.15) is 0 Å². The van der Waals surface area contributed by atoms with Crippen LogP contribution in [-0.2, 0) is 0 Å². The molecule has 0 aliphatic heterocycles. The molecule has 0 N–H and O–H groups in total. The summed E-state index contributed by atoms with van der Waals surface area (Å²) >= 11 is 0. The third-order valence-electron chi connectivity index (χ3n) is 4.60. The van der Waals surface area contributed by atoms with Crippen LogP contribution in [0.5, 0.6) is 0 Å². The van der Waals surface area contributed by atoms with Gasteiger partial charge in [-0.15, -0.1) is 0 Å². The van der Waals surface area contributed by atoms with Crippen LogP contribution in [0.25, 0.3) is 0 Å². The van der Waals surface area contributed by atoms with Crippen molar-refractivity contribution in [1.82, 2.24) is 0 Å². The Morgan fingerprint density at radius 1 is 1.19 bits per heavy atom. The number of nitriles is 1. The van der Waals surface area contributed by atoms with Crippen LogP contribution in [0.3, 0.4) is 0 Å². The first-order valence-electron chi connectivity index (χ1n) is 6.71. The van der Waals surface area contributed by atoms with E-state index in [-0.39, 0.29) is 0 Å². The van der Waals surface area contributed by atoms with E-state index < -0.39 is 0 Å². The summed E-state index contributed by atoms with van der Waals surface area (Å²) in [5.74, 6) is 2.77. The molecule has 0 saturated heterocycles. The zero-order valence-electron chi connectivity index (χ0n) is 10.9. The molecule has 90 valence electrons. The molecule has 2 nitrogen and oxygen atoms in total. The van der Waals surface area contributed by atoms with E-state index in [0.29, 0.717) is 5.92 Å². The number of quaternary nitrogens is 1. The van der Waals surface area contributed by atoms with Crippen LogP contribution < -0.4 is 0 Å². The van der Waals surface area contributed by atoms with Gasteiger partial charge in [-0.05, 0) is 49.9 Å². The van der Waals surface area contributed by atoms with E-state index in [1.807, 2.05) is 0 Å². The van der Waals surface area contributed by atoms with Crippen molar-refractivity contribution in [3.63, 3.8) is 0 Å². The predicted molar refractivity (Wildman–Crippen MR) is 65.6 cm³/mol. The van der Waals surface area contributed by atoms with E-state index in [1.165, 1.54) is 38.6 Å². The second kappa shape index (κ2) is 4.37. The summed E-state index contributed by atoms with van der Waals surface area (Å²) in [5, 5.41) is 9.26. The molecule has 2 heteroatoms. The fourth-order valence-electron chi connectivity index (χ4n) is 3.83. The average Bonchev–Trinajstić information content (AvgIpc) is 2.75. The second-order valence-corrected chi connectivity index (χ2v) is 6.81. The van der Waals surface area contributed by atoms with Crippen molar-refractivity contribution < 1.29 is 4.48 Å². The molecule has 4 unspecified atom stereocenters. The van der Waals surface area contributed by atoms with Crippen molar-refractivity contribution in [3.8, 4) is 6.07 Å². The maximum atomic E-state index is 9.26. The van der Waals surface area contributed by atoms with E-state index in [1.54, 1.807) is 0 Å². The lowest BCUT2D eigenvalue weighted by Gasteiger charge is -2.28. The average molecular weight is 221 g/mol. The van der Waals surface area contributed by atoms with Gasteiger partial charge < -0.3 is 4.48 Å². The highest BCUT2D eigenvalue weighted by atomic mass is 15.3. The number of fused-ring (bicyclic) bond motifs is 2. The molecule has 0 aromatic carbocycles. The number of hydrogen-bond acceptors (Lipinski definition) is 1. The van der Waals surface area contributed by atoms with Crippen molar-refractivity contribution >= 4 is 0 Å². The smallest absolute Gasteiger partial charge is 0.0780 e. The summed E-state index contributed by atoms with van der Waals surface area (Å²) < 4.78 is 1.05. The third kappa shape index (κ3) is 2.40. The Balaban J connectivity index is 1.84. The Hall–Kier alpha value is -0.550. The van der Waals surface area contributed by atoms with Gasteiger partial charge in [0.25, 0.3) is 0 Å². The van der Waals surface area contributed by atoms with Crippen molar-refractivity contribution in [2.24, 2.45) is 23.7 Å². The van der Waals surface area contributed by atoms with Crippen LogP contribution in [0, 0.1) is 35.0 Å². The highest BCUT2D eigenvalue weighted by Gasteiger charge is 2.47. The van der Waals surface area contributed by atoms with Gasteiger partial charge in [0.05, 0.1) is 39.7 Å². The van der Waals surface area contributed by atoms with Crippen LogP contribution in [0.2, 0.25) is 0 Å². The van der Waals surface area contributed by atoms with Crippen molar-refractivity contribution in [2.45, 2.75) is 32.1 Å². The van der Waals surface area contributed by atoms with E-state index in [0.717, 1.165) is 22.2 Å². The summed E-state index contributed by atoms with van der Waals surface area (Å²) in [7, 11) is 6.76. The van der Waals surface area contributed by atoms with Gasteiger partial charge in [0, 0.05) is 0 Å². The van der Waals surface area contributed by atoms with E-state index in [4.69, 9.17) is 0 Å². The molecule has 0 spiro atoms. The Bertz CT molecular complexity index is 284. The topological polar surface area (TPSA) is 23.8 Å². The number of rotatable bonds is 4. The highest BCUT2D eigenvalue weighted by molar-refractivity contribution is 5.04. The van der Waals surface area contributed by atoms with Gasteiger partial charge in [0.15, 0.2) is 0 Å². The first-order chi connectivity index (χ1) is 7.51. The molecular formula is C14H25N2+. The number of hydrogen-bond donors (Lipinski definition) is 0. The maximum Gasteiger partial charge on any atom is 0.0780 e. The maximum absolute atomic E-state index is 9.26. The molecule has 0 heterocycles. The lowest BCUT2D eigenvalue weighted by atomic mass is 9.78. The predicted octanol–water partition coefficient (Wildman–Crippen LogP) is 2.66. The first-order valence-corrected chi connectivity index (χ1v) is 6.71.